The number of fused-ring (bicyclic) bond motifs is 1. The number of benzene rings is 1. The second-order valence-electron chi connectivity index (χ2n) is 6.83. The van der Waals surface area contributed by atoms with Gasteiger partial charge in [-0.3, -0.25) is 9.69 Å². The van der Waals surface area contributed by atoms with Gasteiger partial charge in [0.25, 0.3) is 0 Å². The first-order chi connectivity index (χ1) is 11.5. The summed E-state index contributed by atoms with van der Waals surface area (Å²) in [5.41, 5.74) is 2.66. The number of ether oxygens (including phenoxy) is 2. The Bertz CT molecular complexity index is 617. The minimum absolute atomic E-state index is 0.191. The maximum Gasteiger partial charge on any atom is 0.219 e. The summed E-state index contributed by atoms with van der Waals surface area (Å²) in [6.45, 7) is 6.71. The van der Waals surface area contributed by atoms with Crippen molar-refractivity contribution >= 4 is 5.91 Å². The third kappa shape index (κ3) is 3.09. The van der Waals surface area contributed by atoms with Gasteiger partial charge in [0.15, 0.2) is 11.5 Å². The highest BCUT2D eigenvalue weighted by molar-refractivity contribution is 5.73. The topological polar surface area (TPSA) is 42.0 Å². The summed E-state index contributed by atoms with van der Waals surface area (Å²) in [5.74, 6) is 1.78. The van der Waals surface area contributed by atoms with Crippen molar-refractivity contribution in [1.29, 1.82) is 0 Å². The fourth-order valence-electron chi connectivity index (χ4n) is 4.17. The van der Waals surface area contributed by atoms with Crippen molar-refractivity contribution < 1.29 is 14.3 Å². The highest BCUT2D eigenvalue weighted by Crippen LogP contribution is 2.39. The van der Waals surface area contributed by atoms with Crippen LogP contribution in [0.5, 0.6) is 11.5 Å². The second-order valence-corrected chi connectivity index (χ2v) is 6.83. The van der Waals surface area contributed by atoms with Gasteiger partial charge in [0.05, 0.1) is 14.2 Å². The van der Waals surface area contributed by atoms with Crippen LogP contribution in [0, 0.1) is 0 Å². The number of carbonyl (C=O) groups is 1. The summed E-state index contributed by atoms with van der Waals surface area (Å²) in [5, 5.41) is 0. The van der Waals surface area contributed by atoms with Crippen LogP contribution in [-0.4, -0.2) is 55.6 Å². The molecule has 1 saturated heterocycles. The summed E-state index contributed by atoms with van der Waals surface area (Å²) in [6.07, 6.45) is 3.26. The maximum absolute atomic E-state index is 11.7. The zero-order valence-electron chi connectivity index (χ0n) is 15.2. The number of nitrogens with zero attached hydrogens (tertiary/aromatic N) is 2. The summed E-state index contributed by atoms with van der Waals surface area (Å²) in [7, 11) is 3.36. The second kappa shape index (κ2) is 7.01. The molecule has 0 aromatic heterocycles. The lowest BCUT2D eigenvalue weighted by atomic mass is 9.90. The number of carbonyl (C=O) groups excluding carboxylic acids is 1. The van der Waals surface area contributed by atoms with E-state index in [1.165, 1.54) is 11.1 Å². The van der Waals surface area contributed by atoms with E-state index in [-0.39, 0.29) is 5.91 Å². The molecular weight excluding hydrogens is 304 g/mol. The molecule has 2 heterocycles. The molecule has 0 N–H and O–H groups in total. The molecule has 132 valence electrons. The number of likely N-dealkylation sites (tertiary alicyclic amines) is 1. The summed E-state index contributed by atoms with van der Waals surface area (Å²) in [4.78, 5) is 16.3. The lowest BCUT2D eigenvalue weighted by Gasteiger charge is -2.44. The Morgan fingerprint density at radius 3 is 2.54 bits per heavy atom. The number of amides is 1. The average molecular weight is 332 g/mol. The lowest BCUT2D eigenvalue weighted by molar-refractivity contribution is -0.131. The Morgan fingerprint density at radius 1 is 1.17 bits per heavy atom. The Hall–Kier alpha value is -1.75. The number of methoxy groups -OCH3 is 2. The molecule has 0 aliphatic carbocycles. The quantitative estimate of drug-likeness (QED) is 0.853. The minimum Gasteiger partial charge on any atom is -0.493 e. The van der Waals surface area contributed by atoms with E-state index in [4.69, 9.17) is 9.47 Å². The van der Waals surface area contributed by atoms with Crippen LogP contribution >= 0.6 is 0 Å². The van der Waals surface area contributed by atoms with Crippen LogP contribution in [0.3, 0.4) is 0 Å². The van der Waals surface area contributed by atoms with Crippen LogP contribution in [0.25, 0.3) is 0 Å². The molecule has 5 heteroatoms. The zero-order valence-corrected chi connectivity index (χ0v) is 15.2. The molecule has 0 spiro atoms. The Labute approximate surface area is 144 Å². The standard InChI is InChI=1S/C19H28N2O3/c1-13-17-11-19(24-4)18(23-3)10-15(17)7-9-21(13)16-6-5-8-20(12-16)14(2)22/h10-11,13,16H,5-9,12H2,1-4H3. The monoisotopic (exact) mass is 332 g/mol. The molecule has 3 rings (SSSR count). The van der Waals surface area contributed by atoms with Gasteiger partial charge < -0.3 is 14.4 Å². The molecule has 2 unspecified atom stereocenters. The Balaban J connectivity index is 1.83. The molecule has 1 amide bonds. The van der Waals surface area contributed by atoms with Gasteiger partial charge in [-0.15, -0.1) is 0 Å². The van der Waals surface area contributed by atoms with Crippen molar-refractivity contribution in [3.8, 4) is 11.5 Å². The van der Waals surface area contributed by atoms with E-state index < -0.39 is 0 Å². The first kappa shape index (κ1) is 17.1. The third-order valence-electron chi connectivity index (χ3n) is 5.54. The number of rotatable bonds is 3. The Kier molecular flexibility index (Phi) is 4.99. The number of hydrogen-bond acceptors (Lipinski definition) is 4. The van der Waals surface area contributed by atoms with E-state index in [1.54, 1.807) is 21.1 Å². The maximum atomic E-state index is 11.7. The number of piperidine rings is 1. The molecule has 0 saturated carbocycles. The lowest BCUT2D eigenvalue weighted by Crippen LogP contribution is -2.51. The average Bonchev–Trinajstić information content (AvgIpc) is 2.61. The van der Waals surface area contributed by atoms with Gasteiger partial charge in [-0.05, 0) is 49.4 Å². The first-order valence-electron chi connectivity index (χ1n) is 8.81. The summed E-state index contributed by atoms with van der Waals surface area (Å²) >= 11 is 0. The molecule has 2 atom stereocenters. The molecule has 0 bridgehead atoms. The molecule has 24 heavy (non-hydrogen) atoms. The van der Waals surface area contributed by atoms with Gasteiger partial charge in [-0.2, -0.15) is 0 Å². The van der Waals surface area contributed by atoms with Crippen molar-refractivity contribution in [3.63, 3.8) is 0 Å². The van der Waals surface area contributed by atoms with Gasteiger partial charge in [-0.1, -0.05) is 0 Å². The number of hydrogen-bond donors (Lipinski definition) is 0. The van der Waals surface area contributed by atoms with E-state index in [2.05, 4.69) is 24.0 Å². The fourth-order valence-corrected chi connectivity index (χ4v) is 4.17. The highest BCUT2D eigenvalue weighted by Gasteiger charge is 2.33. The molecule has 0 radical (unpaired) electrons. The minimum atomic E-state index is 0.191. The van der Waals surface area contributed by atoms with Crippen molar-refractivity contribution in [2.45, 2.75) is 45.2 Å². The molecule has 1 aromatic carbocycles. The van der Waals surface area contributed by atoms with Gasteiger partial charge in [-0.25, -0.2) is 0 Å². The van der Waals surface area contributed by atoms with Crippen LogP contribution in [0.15, 0.2) is 12.1 Å². The molecule has 2 aliphatic heterocycles. The van der Waals surface area contributed by atoms with Gasteiger partial charge in [0.2, 0.25) is 5.91 Å². The van der Waals surface area contributed by atoms with E-state index in [1.807, 2.05) is 4.90 Å². The summed E-state index contributed by atoms with van der Waals surface area (Å²) < 4.78 is 10.9. The molecule has 1 aromatic rings. The van der Waals surface area contributed by atoms with Crippen molar-refractivity contribution in [2.24, 2.45) is 0 Å². The zero-order chi connectivity index (χ0) is 17.3. The van der Waals surface area contributed by atoms with Crippen molar-refractivity contribution in [1.82, 2.24) is 9.80 Å². The summed E-state index contributed by atoms with van der Waals surface area (Å²) in [6, 6.07) is 5.01. The van der Waals surface area contributed by atoms with Crippen molar-refractivity contribution in [3.05, 3.63) is 23.3 Å². The third-order valence-corrected chi connectivity index (χ3v) is 5.54. The van der Waals surface area contributed by atoms with Crippen molar-refractivity contribution in [2.75, 3.05) is 33.9 Å². The first-order valence-corrected chi connectivity index (χ1v) is 8.81. The van der Waals surface area contributed by atoms with Crippen LogP contribution < -0.4 is 9.47 Å². The van der Waals surface area contributed by atoms with Gasteiger partial charge >= 0.3 is 0 Å². The Morgan fingerprint density at radius 2 is 1.88 bits per heavy atom. The molecule has 5 nitrogen and oxygen atoms in total. The van der Waals surface area contributed by atoms with E-state index in [0.717, 1.165) is 50.4 Å². The normalized spacial score (nSPS) is 24.4. The SMILES string of the molecule is COc1cc2c(cc1OC)C(C)N(C1CCCN(C(C)=O)C1)CC2. The van der Waals surface area contributed by atoms with Crippen LogP contribution in [0.2, 0.25) is 0 Å². The van der Waals surface area contributed by atoms with E-state index >= 15 is 0 Å². The van der Waals surface area contributed by atoms with Gasteiger partial charge in [0, 0.05) is 38.6 Å². The largest absolute Gasteiger partial charge is 0.493 e. The van der Waals surface area contributed by atoms with Crippen LogP contribution in [0.4, 0.5) is 0 Å². The predicted molar refractivity (Wildman–Crippen MR) is 93.6 cm³/mol. The molecule has 2 aliphatic rings. The van der Waals surface area contributed by atoms with E-state index in [9.17, 15) is 4.79 Å². The molecular formula is C19H28N2O3. The van der Waals surface area contributed by atoms with Gasteiger partial charge in [0.1, 0.15) is 0 Å². The highest BCUT2D eigenvalue weighted by atomic mass is 16.5. The predicted octanol–water partition coefficient (Wildman–Crippen LogP) is 2.63. The van der Waals surface area contributed by atoms with E-state index in [0.29, 0.717) is 12.1 Å². The van der Waals surface area contributed by atoms with Crippen LogP contribution in [0.1, 0.15) is 43.9 Å². The fraction of sp³-hybridized carbons (Fsp3) is 0.632. The molecule has 1 fully saturated rings. The van der Waals surface area contributed by atoms with Crippen LogP contribution in [-0.2, 0) is 11.2 Å². The smallest absolute Gasteiger partial charge is 0.219 e.